The second kappa shape index (κ2) is 26.5. The molecule has 0 fully saturated rings. The van der Waals surface area contributed by atoms with Crippen LogP contribution in [0.3, 0.4) is 0 Å². The highest BCUT2D eigenvalue weighted by atomic mass is 15.2. The van der Waals surface area contributed by atoms with E-state index < -0.39 is 273 Å². The molecule has 22 rings (SSSR count). The highest BCUT2D eigenvalue weighted by Crippen LogP contribution is 2.52. The third kappa shape index (κ3) is 11.0. The van der Waals surface area contributed by atoms with Crippen LogP contribution in [0.5, 0.6) is 0 Å². The summed E-state index contributed by atoms with van der Waals surface area (Å²) in [5.74, 6) is -1.57. The van der Waals surface area contributed by atoms with Gasteiger partial charge in [-0.15, -0.1) is 0 Å². The van der Waals surface area contributed by atoms with Crippen LogP contribution in [0.2, 0.25) is 0 Å². The van der Waals surface area contributed by atoms with Crippen LogP contribution < -0.4 is 26.2 Å². The molecule has 0 N–H and O–H groups in total. The van der Waals surface area contributed by atoms with Gasteiger partial charge >= 0.3 is 0 Å². The van der Waals surface area contributed by atoms with Crippen molar-refractivity contribution in [2.75, 3.05) is 9.80 Å². The Hall–Kier alpha value is -14.6. The van der Waals surface area contributed by atoms with Crippen LogP contribution in [0.15, 0.2) is 351 Å². The molecule has 0 amide bonds. The first kappa shape index (κ1) is 41.8. The number of rotatable bonds is 11. The first-order valence-electron chi connectivity index (χ1n) is 54.1. The van der Waals surface area contributed by atoms with E-state index in [1.165, 1.54) is 13.7 Å². The predicted molar refractivity (Wildman–Crippen MR) is 480 cm³/mol. The smallest absolute Gasteiger partial charge is 0.252 e. The Morgan fingerprint density at radius 2 is 0.552 bits per heavy atom. The summed E-state index contributed by atoms with van der Waals surface area (Å²) in [7, 11) is 0. The molecule has 0 saturated carbocycles. The Bertz CT molecular complexity index is 8920. The van der Waals surface area contributed by atoms with Gasteiger partial charge in [0.15, 0.2) is 34.9 Å². The third-order valence-corrected chi connectivity index (χ3v) is 21.4. The number of anilines is 6. The number of hydrogen-bond donors (Lipinski definition) is 0. The van der Waals surface area contributed by atoms with Gasteiger partial charge in [0.25, 0.3) is 6.71 Å². The first-order chi connectivity index (χ1) is 70.9. The van der Waals surface area contributed by atoms with Crippen molar-refractivity contribution in [2.24, 2.45) is 0 Å². The van der Waals surface area contributed by atoms with E-state index in [0.717, 1.165) is 0 Å². The van der Waals surface area contributed by atoms with Gasteiger partial charge in [0.05, 0.1) is 96.8 Å². The monoisotopic (exact) mass is 1520 g/mol. The molecule has 2 aliphatic rings. The Kier molecular flexibility index (Phi) is 9.55. The van der Waals surface area contributed by atoms with Crippen molar-refractivity contribution in [3.8, 4) is 85.4 Å². The van der Waals surface area contributed by atoms with Crippen LogP contribution in [0.1, 0.15) is 99.3 Å². The van der Waals surface area contributed by atoms with Crippen LogP contribution in [0, 0.1) is 0 Å². The lowest BCUT2D eigenvalue weighted by atomic mass is 9.33. The molecule has 0 atom stereocenters. The van der Waals surface area contributed by atoms with Crippen molar-refractivity contribution in [1.29, 1.82) is 0 Å². The zero-order chi connectivity index (χ0) is 107. The summed E-state index contributed by atoms with van der Waals surface area (Å²) in [5.41, 5.74) is -2.46. The summed E-state index contributed by atoms with van der Waals surface area (Å²) in [6.45, 7) is 10.1. The maximum atomic E-state index is 10.3. The Balaban J connectivity index is 0.995. The quantitative estimate of drug-likeness (QED) is 0.118. The molecule has 15 aromatic carbocycles. The number of aromatic nitrogens is 9. The molecule has 7 heterocycles. The normalized spacial score (nSPS) is 16.8. The van der Waals surface area contributed by atoms with Gasteiger partial charge in [-0.05, 0) is 135 Å². The van der Waals surface area contributed by atoms with Crippen molar-refractivity contribution >= 4 is 123 Å². The lowest BCUT2D eigenvalue weighted by molar-refractivity contribution is 0.590. The summed E-state index contributed by atoms with van der Waals surface area (Å²) >= 11 is 0. The van der Waals surface area contributed by atoms with Crippen LogP contribution in [0.4, 0.5) is 34.1 Å². The minimum absolute atomic E-state index is 0.0172. The van der Waals surface area contributed by atoms with E-state index in [1.54, 1.807) is 107 Å². The summed E-state index contributed by atoms with van der Waals surface area (Å²) in [6, 6.07) is 14.7. The van der Waals surface area contributed by atoms with Gasteiger partial charge < -0.3 is 23.5 Å². The molecule has 12 heteroatoms. The van der Waals surface area contributed by atoms with Crippen molar-refractivity contribution in [1.82, 2.24) is 43.6 Å². The third-order valence-electron chi connectivity index (χ3n) is 21.4. The lowest BCUT2D eigenvalue weighted by Gasteiger charge is -2.45. The maximum Gasteiger partial charge on any atom is 0.252 e. The standard InChI is InChI=1S/C104H76BN11/c1-103(2,3)69-51-57-90(80(59-69)101-108-97(65-31-11-7-12-32-65)106-98(109-101)66-33-13-8-14-34-66)115-92-61-71(112-84-45-25-19-39-74(84)75-40-20-26-46-85(75)112)53-55-82(92)105-83-56-54-72(113-86-47-27-21-41-76(86)77-42-22-28-48-87(77)113)62-93(83)116(95-64-73(63-94(115)96(95)105)114-88-49-29-23-43-78(88)79-44-24-30-50-89(79)114)91-58-52-70(104(4,5)6)60-81(91)102-110-99(67-35-15-9-16-36-67)107-100(111-102)68-37-17-10-18-38-68/h7-64H,1-6H3/i7D,8D,11D,12D,13D,14D,19D,20D,21D,22D,23D,24D,25D,26D,27D,28D,29D,30D,31D,32D,33D,34D,39D,40D,41D,42D,43D,44D,45D,46D,47D,48D,49D,50D. The van der Waals surface area contributed by atoms with E-state index in [0.29, 0.717) is 22.3 Å². The average Bonchev–Trinajstić information content (AvgIpc) is 1.18. The van der Waals surface area contributed by atoms with Crippen molar-refractivity contribution in [3.05, 3.63) is 362 Å². The number of fused-ring (bicyclic) bond motifs is 13. The van der Waals surface area contributed by atoms with Gasteiger partial charge in [-0.2, -0.15) is 0 Å². The highest BCUT2D eigenvalue weighted by Gasteiger charge is 2.46. The van der Waals surface area contributed by atoms with Crippen molar-refractivity contribution in [2.45, 2.75) is 52.4 Å². The van der Waals surface area contributed by atoms with Crippen LogP contribution in [-0.2, 0) is 10.8 Å². The molecule has 20 aromatic rings. The molecule has 0 spiro atoms. The molecule has 0 radical (unpaired) electrons. The summed E-state index contributed by atoms with van der Waals surface area (Å²) < 4.78 is 329. The SMILES string of the molecule is [2H]c1c([2H])c([2H])c(-c2nc(-c3cc(C(C)(C)C)ccc3N3c4cc(-n5c6c([2H])c([2H])c([2H])c([2H])c6c6c([2H])c([2H])c([2H])c([2H])c65)ccc4B4c5ccc(-n6c7c([2H])c([2H])c([2H])c([2H])c7c7c([2H])c([2H])c([2H])c([2H])c76)cc5N(c5ccc(C(C)(C)C)cc5-c5nc(-c6ccccc6)nc(-c6ccccc6)n5)c5cc(-n6c7c([2H])c([2H])c([2H])c([2H])c7c7c([2H])c([2H])c([2H])c([2H])c76)cc3c54)nc(-c3c([2H])c([2H])c([2H])c([2H])c3[2H])n2)c([2H])c1[2H]. The summed E-state index contributed by atoms with van der Waals surface area (Å²) in [6.07, 6.45) is 0. The predicted octanol–water partition coefficient (Wildman–Crippen LogP) is 24.0. The fourth-order valence-corrected chi connectivity index (χ4v) is 16.0. The Morgan fingerprint density at radius 1 is 0.259 bits per heavy atom. The second-order valence-corrected chi connectivity index (χ2v) is 30.1. The topological polar surface area (TPSA) is 98.6 Å². The number of para-hydroxylation sites is 6. The minimum atomic E-state index is -1.37. The molecule has 0 aliphatic carbocycles. The van der Waals surface area contributed by atoms with E-state index in [4.69, 9.17) is 38.1 Å². The van der Waals surface area contributed by atoms with E-state index in [2.05, 4.69) is 0 Å². The molecule has 0 bridgehead atoms. The molecule has 0 saturated heterocycles. The average molecular weight is 1520 g/mol. The van der Waals surface area contributed by atoms with Gasteiger partial charge in [-0.25, -0.2) is 29.9 Å². The molecule has 2 aliphatic heterocycles. The Labute approximate surface area is 720 Å². The zero-order valence-electron chi connectivity index (χ0n) is 96.4. The van der Waals surface area contributed by atoms with Gasteiger partial charge in [0, 0.05) is 99.8 Å². The molecule has 550 valence electrons. The van der Waals surface area contributed by atoms with Crippen molar-refractivity contribution < 1.29 is 46.6 Å². The molecular formula is C104H76BN11. The molecule has 0 unspecified atom stereocenters. The highest BCUT2D eigenvalue weighted by molar-refractivity contribution is 7.00. The second-order valence-electron chi connectivity index (χ2n) is 30.1. The van der Waals surface area contributed by atoms with Gasteiger partial charge in [-0.3, -0.25) is 0 Å². The van der Waals surface area contributed by atoms with Crippen LogP contribution >= 0.6 is 0 Å². The van der Waals surface area contributed by atoms with E-state index in [9.17, 15) is 38.4 Å². The van der Waals surface area contributed by atoms with Gasteiger partial charge in [0.1, 0.15) is 0 Å². The number of hydrogen-bond acceptors (Lipinski definition) is 8. The number of nitrogens with zero attached hydrogens (tertiary/aromatic N) is 11. The van der Waals surface area contributed by atoms with Crippen LogP contribution in [-0.4, -0.2) is 50.3 Å². The van der Waals surface area contributed by atoms with E-state index in [1.807, 2.05) is 90.1 Å². The lowest BCUT2D eigenvalue weighted by Crippen LogP contribution is -2.61. The van der Waals surface area contributed by atoms with Gasteiger partial charge in [0.2, 0.25) is 0 Å². The number of benzene rings is 15. The van der Waals surface area contributed by atoms with Crippen molar-refractivity contribution in [3.63, 3.8) is 0 Å². The summed E-state index contributed by atoms with van der Waals surface area (Å²) in [5, 5.41) is -2.07. The van der Waals surface area contributed by atoms with E-state index >= 15 is 0 Å². The van der Waals surface area contributed by atoms with Crippen LogP contribution in [0.25, 0.3) is 151 Å². The molecule has 11 nitrogen and oxygen atoms in total. The first-order valence-corrected chi connectivity index (χ1v) is 37.1. The molecule has 116 heavy (non-hydrogen) atoms. The zero-order valence-corrected chi connectivity index (χ0v) is 62.4. The fourth-order valence-electron chi connectivity index (χ4n) is 16.0. The Morgan fingerprint density at radius 3 is 0.888 bits per heavy atom. The minimum Gasteiger partial charge on any atom is -0.311 e. The molecular weight excluding hydrogens is 1410 g/mol. The van der Waals surface area contributed by atoms with Gasteiger partial charge in [-0.1, -0.05) is 296 Å². The fraction of sp³-hybridized carbons (Fsp3) is 0.0769. The summed E-state index contributed by atoms with van der Waals surface area (Å²) in [4.78, 5) is 34.4. The van der Waals surface area contributed by atoms with E-state index in [-0.39, 0.29) is 140 Å². The molecule has 5 aromatic heterocycles. The largest absolute Gasteiger partial charge is 0.311 e. The maximum absolute atomic E-state index is 10.3.